The maximum absolute atomic E-state index is 13.4. The van der Waals surface area contributed by atoms with E-state index in [-0.39, 0.29) is 23.2 Å². The van der Waals surface area contributed by atoms with Crippen LogP contribution in [0.3, 0.4) is 0 Å². The lowest BCUT2D eigenvalue weighted by atomic mass is 9.69. The number of carbonyl (C=O) groups excluding carboxylic acids is 2. The molecular formula is C30H42N4O5. The van der Waals surface area contributed by atoms with E-state index in [0.29, 0.717) is 12.2 Å². The van der Waals surface area contributed by atoms with E-state index in [1.165, 1.54) is 26.4 Å². The molecule has 0 bridgehead atoms. The zero-order valence-corrected chi connectivity index (χ0v) is 23.2. The summed E-state index contributed by atoms with van der Waals surface area (Å²) >= 11 is 0. The smallest absolute Gasteiger partial charge is 0.412 e. The Morgan fingerprint density at radius 3 is 2.46 bits per heavy atom. The fourth-order valence-electron chi connectivity index (χ4n) is 6.13. The predicted molar refractivity (Wildman–Crippen MR) is 150 cm³/mol. The summed E-state index contributed by atoms with van der Waals surface area (Å²) in [6, 6.07) is 11.7. The number of piperidine rings is 1. The SMILES string of the molecule is COC(=O)N/C(CCC1(CCN2CCC(N(C(=O)c3ccco3)c3ccc(C)cc3)CC2)CCCCC1)=N/O. The van der Waals surface area contributed by atoms with Crippen molar-refractivity contribution in [2.75, 3.05) is 31.6 Å². The van der Waals surface area contributed by atoms with Crippen molar-refractivity contribution in [2.24, 2.45) is 10.6 Å². The van der Waals surface area contributed by atoms with Gasteiger partial charge in [-0.05, 0) is 81.7 Å². The summed E-state index contributed by atoms with van der Waals surface area (Å²) in [5.74, 6) is 0.528. The summed E-state index contributed by atoms with van der Waals surface area (Å²) in [5, 5.41) is 15.2. The molecule has 0 unspecified atom stereocenters. The zero-order valence-electron chi connectivity index (χ0n) is 23.2. The number of aryl methyl sites for hydroxylation is 1. The van der Waals surface area contributed by atoms with Gasteiger partial charge in [-0.25, -0.2) is 4.79 Å². The van der Waals surface area contributed by atoms with Crippen LogP contribution < -0.4 is 10.2 Å². The number of amidine groups is 1. The Morgan fingerprint density at radius 2 is 1.85 bits per heavy atom. The highest BCUT2D eigenvalue weighted by atomic mass is 16.5. The number of ether oxygens (including phenoxy) is 1. The number of nitrogens with zero attached hydrogens (tertiary/aromatic N) is 3. The van der Waals surface area contributed by atoms with Gasteiger partial charge in [0.15, 0.2) is 11.6 Å². The molecule has 39 heavy (non-hydrogen) atoms. The first-order valence-corrected chi connectivity index (χ1v) is 14.1. The molecular weight excluding hydrogens is 496 g/mol. The number of oxime groups is 1. The van der Waals surface area contributed by atoms with Crippen LogP contribution in [0, 0.1) is 12.3 Å². The molecule has 4 rings (SSSR count). The number of rotatable bonds is 9. The molecule has 0 radical (unpaired) electrons. The second-order valence-electron chi connectivity index (χ2n) is 11.0. The van der Waals surface area contributed by atoms with Crippen molar-refractivity contribution >= 4 is 23.5 Å². The number of likely N-dealkylation sites (tertiary alicyclic amines) is 1. The summed E-state index contributed by atoms with van der Waals surface area (Å²) in [6.45, 7) is 4.91. The number of amides is 2. The molecule has 2 N–H and O–H groups in total. The van der Waals surface area contributed by atoms with E-state index < -0.39 is 6.09 Å². The van der Waals surface area contributed by atoms with Gasteiger partial charge in [-0.2, -0.15) is 0 Å². The zero-order chi connectivity index (χ0) is 27.7. The van der Waals surface area contributed by atoms with Crippen molar-refractivity contribution in [1.29, 1.82) is 0 Å². The number of benzene rings is 1. The second-order valence-corrected chi connectivity index (χ2v) is 11.0. The molecule has 1 saturated heterocycles. The first-order chi connectivity index (χ1) is 18.9. The normalized spacial score (nSPS) is 18.5. The highest BCUT2D eigenvalue weighted by Gasteiger charge is 2.35. The molecule has 0 spiro atoms. The number of methoxy groups -OCH3 is 1. The Kier molecular flexibility index (Phi) is 10.0. The van der Waals surface area contributed by atoms with E-state index in [2.05, 4.69) is 20.1 Å². The van der Waals surface area contributed by atoms with Crippen LogP contribution in [0.15, 0.2) is 52.2 Å². The van der Waals surface area contributed by atoms with Crippen LogP contribution in [-0.2, 0) is 4.74 Å². The molecule has 0 atom stereocenters. The lowest BCUT2D eigenvalue weighted by molar-refractivity contribution is 0.0919. The number of anilines is 1. The highest BCUT2D eigenvalue weighted by molar-refractivity contribution is 6.04. The molecule has 1 saturated carbocycles. The molecule has 9 heteroatoms. The average molecular weight is 539 g/mol. The number of nitrogens with one attached hydrogen (secondary N) is 1. The molecule has 2 aliphatic rings. The van der Waals surface area contributed by atoms with Gasteiger partial charge in [0.2, 0.25) is 0 Å². The van der Waals surface area contributed by atoms with Crippen LogP contribution in [0.5, 0.6) is 0 Å². The summed E-state index contributed by atoms with van der Waals surface area (Å²) in [5.41, 5.74) is 2.24. The Labute approximate surface area is 231 Å². The number of alkyl carbamates (subject to hydrolysis) is 1. The third-order valence-electron chi connectivity index (χ3n) is 8.50. The van der Waals surface area contributed by atoms with Crippen molar-refractivity contribution in [3.05, 3.63) is 54.0 Å². The fourth-order valence-corrected chi connectivity index (χ4v) is 6.13. The third-order valence-corrected chi connectivity index (χ3v) is 8.50. The van der Waals surface area contributed by atoms with E-state index in [0.717, 1.165) is 69.4 Å². The molecule has 2 fully saturated rings. The van der Waals surface area contributed by atoms with Gasteiger partial charge in [-0.15, -0.1) is 0 Å². The molecule has 1 aromatic heterocycles. The molecule has 1 aliphatic heterocycles. The van der Waals surface area contributed by atoms with Gasteiger partial charge in [-0.1, -0.05) is 42.1 Å². The van der Waals surface area contributed by atoms with Crippen LogP contribution >= 0.6 is 0 Å². The average Bonchev–Trinajstić information content (AvgIpc) is 3.52. The maximum Gasteiger partial charge on any atom is 0.412 e. The Hall–Kier alpha value is -3.33. The van der Waals surface area contributed by atoms with Gasteiger partial charge in [0, 0.05) is 31.2 Å². The van der Waals surface area contributed by atoms with Crippen LogP contribution in [0.4, 0.5) is 10.5 Å². The van der Waals surface area contributed by atoms with E-state index in [4.69, 9.17) is 4.42 Å². The molecule has 9 nitrogen and oxygen atoms in total. The topological polar surface area (TPSA) is 108 Å². The summed E-state index contributed by atoms with van der Waals surface area (Å²) in [6.07, 6.45) is 11.2. The molecule has 2 aromatic rings. The van der Waals surface area contributed by atoms with Gasteiger partial charge >= 0.3 is 6.09 Å². The number of hydrogen-bond acceptors (Lipinski definition) is 7. The Bertz CT molecular complexity index is 1090. The first kappa shape index (κ1) is 28.7. The van der Waals surface area contributed by atoms with Crippen molar-refractivity contribution in [1.82, 2.24) is 10.2 Å². The van der Waals surface area contributed by atoms with Gasteiger partial charge in [0.1, 0.15) is 0 Å². The standard InChI is InChI=1S/C30H42N4O5/c1-23-8-10-24(11-9-23)34(28(35)26-7-6-22-39-26)25-13-19-33(20-14-25)21-18-30(15-4-3-5-16-30)17-12-27(32-37)31-29(36)38-2/h6-11,22,25,37H,3-5,12-21H2,1-2H3,(H,31,32,36). The van der Waals surface area contributed by atoms with Crippen molar-refractivity contribution in [2.45, 2.75) is 77.2 Å². The van der Waals surface area contributed by atoms with Crippen LogP contribution in [0.2, 0.25) is 0 Å². The van der Waals surface area contributed by atoms with E-state index >= 15 is 0 Å². The second kappa shape index (κ2) is 13.6. The molecule has 2 amide bonds. The van der Waals surface area contributed by atoms with Gasteiger partial charge in [-0.3, -0.25) is 10.1 Å². The van der Waals surface area contributed by atoms with Crippen LogP contribution in [-0.4, -0.2) is 60.7 Å². The van der Waals surface area contributed by atoms with Gasteiger partial charge in [0.25, 0.3) is 5.91 Å². The highest BCUT2D eigenvalue weighted by Crippen LogP contribution is 2.43. The van der Waals surface area contributed by atoms with Gasteiger partial charge in [0.05, 0.1) is 13.4 Å². The monoisotopic (exact) mass is 538 g/mol. The first-order valence-electron chi connectivity index (χ1n) is 14.1. The van der Waals surface area contributed by atoms with Crippen LogP contribution in [0.1, 0.15) is 80.3 Å². The molecule has 1 aliphatic carbocycles. The van der Waals surface area contributed by atoms with Crippen LogP contribution in [0.25, 0.3) is 0 Å². The lowest BCUT2D eigenvalue weighted by Crippen LogP contribution is -2.48. The summed E-state index contributed by atoms with van der Waals surface area (Å²) < 4.78 is 10.1. The fraction of sp³-hybridized carbons (Fsp3) is 0.567. The summed E-state index contributed by atoms with van der Waals surface area (Å²) in [4.78, 5) is 29.5. The molecule has 1 aromatic carbocycles. The minimum atomic E-state index is -0.617. The Morgan fingerprint density at radius 1 is 1.13 bits per heavy atom. The number of furan rings is 1. The largest absolute Gasteiger partial charge is 0.459 e. The van der Waals surface area contributed by atoms with Crippen molar-refractivity contribution < 1.29 is 24.0 Å². The van der Waals surface area contributed by atoms with E-state index in [9.17, 15) is 14.8 Å². The minimum absolute atomic E-state index is 0.0922. The molecule has 2 heterocycles. The van der Waals surface area contributed by atoms with Crippen molar-refractivity contribution in [3.8, 4) is 0 Å². The minimum Gasteiger partial charge on any atom is -0.459 e. The molecule has 212 valence electrons. The third kappa shape index (κ3) is 7.62. The Balaban J connectivity index is 1.36. The maximum atomic E-state index is 13.4. The van der Waals surface area contributed by atoms with Gasteiger partial charge < -0.3 is 24.2 Å². The number of carbonyl (C=O) groups is 2. The quantitative estimate of drug-likeness (QED) is 0.176. The van der Waals surface area contributed by atoms with E-state index in [1.54, 1.807) is 18.4 Å². The predicted octanol–water partition coefficient (Wildman–Crippen LogP) is 5.96. The van der Waals surface area contributed by atoms with E-state index in [1.807, 2.05) is 36.1 Å². The summed E-state index contributed by atoms with van der Waals surface area (Å²) in [7, 11) is 1.29. The lowest BCUT2D eigenvalue weighted by Gasteiger charge is -2.42. The van der Waals surface area contributed by atoms with Crippen molar-refractivity contribution in [3.63, 3.8) is 0 Å². The number of hydrogen-bond donors (Lipinski definition) is 2.